The van der Waals surface area contributed by atoms with Crippen LogP contribution in [-0.2, 0) is 4.79 Å². The molecule has 19 heavy (non-hydrogen) atoms. The molecule has 0 heterocycles. The van der Waals surface area contributed by atoms with Gasteiger partial charge >= 0.3 is 0 Å². The highest BCUT2D eigenvalue weighted by Crippen LogP contribution is 2.24. The predicted octanol–water partition coefficient (Wildman–Crippen LogP) is 0.486. The fourth-order valence-electron chi connectivity index (χ4n) is 1.47. The molecular weight excluding hydrogens is 246 g/mol. The van der Waals surface area contributed by atoms with Crippen LogP contribution in [0.4, 0.5) is 5.69 Å². The van der Waals surface area contributed by atoms with E-state index in [9.17, 15) is 9.59 Å². The highest BCUT2D eigenvalue weighted by molar-refractivity contribution is 6.03. The molecule has 6 heteroatoms. The first-order valence-electron chi connectivity index (χ1n) is 5.97. The first-order chi connectivity index (χ1) is 8.97. The molecule has 104 valence electrons. The molecular formula is C13H19N3O3. The molecule has 0 fully saturated rings. The third kappa shape index (κ3) is 3.87. The molecule has 0 aliphatic heterocycles. The van der Waals surface area contributed by atoms with Gasteiger partial charge in [-0.1, -0.05) is 6.07 Å². The molecule has 2 amide bonds. The third-order valence-electron chi connectivity index (χ3n) is 2.48. The number of hydrogen-bond donors (Lipinski definition) is 2. The quantitative estimate of drug-likeness (QED) is 0.759. The number of anilines is 1. The number of nitrogens with zero attached hydrogens (tertiary/aromatic N) is 1. The Morgan fingerprint density at radius 3 is 2.63 bits per heavy atom. The van der Waals surface area contributed by atoms with Gasteiger partial charge in [-0.2, -0.15) is 0 Å². The van der Waals surface area contributed by atoms with Crippen molar-refractivity contribution in [3.63, 3.8) is 0 Å². The average Bonchev–Trinajstić information content (AvgIpc) is 2.36. The lowest BCUT2D eigenvalue weighted by Crippen LogP contribution is -2.36. The summed E-state index contributed by atoms with van der Waals surface area (Å²) in [4.78, 5) is 24.9. The normalized spacial score (nSPS) is 9.84. The van der Waals surface area contributed by atoms with Gasteiger partial charge in [-0.25, -0.2) is 0 Å². The Kier molecular flexibility index (Phi) is 5.17. The van der Waals surface area contributed by atoms with Gasteiger partial charge in [-0.3, -0.25) is 9.59 Å². The van der Waals surface area contributed by atoms with Crippen LogP contribution in [-0.4, -0.2) is 44.0 Å². The molecule has 0 radical (unpaired) electrons. The number of carbonyl (C=O) groups is 2. The lowest BCUT2D eigenvalue weighted by molar-refractivity contribution is -0.127. The summed E-state index contributed by atoms with van der Waals surface area (Å²) in [6.45, 7) is 2.17. The maximum Gasteiger partial charge on any atom is 0.257 e. The SMILES string of the molecule is CCOc1cccc(N)c1C(=O)NCC(=O)N(C)C. The molecule has 1 rings (SSSR count). The second-order valence-electron chi connectivity index (χ2n) is 4.12. The monoisotopic (exact) mass is 265 g/mol. The minimum absolute atomic E-state index is 0.0776. The van der Waals surface area contributed by atoms with E-state index >= 15 is 0 Å². The average molecular weight is 265 g/mol. The van der Waals surface area contributed by atoms with Gasteiger partial charge in [0.1, 0.15) is 11.3 Å². The third-order valence-corrected chi connectivity index (χ3v) is 2.48. The molecule has 0 aromatic heterocycles. The van der Waals surface area contributed by atoms with Crippen molar-refractivity contribution in [3.05, 3.63) is 23.8 Å². The minimum Gasteiger partial charge on any atom is -0.493 e. The fraction of sp³-hybridized carbons (Fsp3) is 0.385. The molecule has 0 saturated carbocycles. The van der Waals surface area contributed by atoms with Crippen LogP contribution in [0.3, 0.4) is 0 Å². The van der Waals surface area contributed by atoms with Gasteiger partial charge in [-0.05, 0) is 19.1 Å². The van der Waals surface area contributed by atoms with Crippen molar-refractivity contribution in [1.29, 1.82) is 0 Å². The van der Waals surface area contributed by atoms with Gasteiger partial charge in [0, 0.05) is 19.8 Å². The van der Waals surface area contributed by atoms with Gasteiger partial charge in [-0.15, -0.1) is 0 Å². The van der Waals surface area contributed by atoms with Crippen molar-refractivity contribution in [3.8, 4) is 5.75 Å². The maximum atomic E-state index is 12.0. The molecule has 6 nitrogen and oxygen atoms in total. The Balaban J connectivity index is 2.84. The van der Waals surface area contributed by atoms with Gasteiger partial charge in [0.15, 0.2) is 0 Å². The van der Waals surface area contributed by atoms with E-state index in [2.05, 4.69) is 5.32 Å². The molecule has 0 saturated heterocycles. The first-order valence-corrected chi connectivity index (χ1v) is 5.97. The molecule has 0 bridgehead atoms. The molecule has 1 aromatic carbocycles. The number of ether oxygens (including phenoxy) is 1. The van der Waals surface area contributed by atoms with Gasteiger partial charge in [0.05, 0.1) is 13.2 Å². The van der Waals surface area contributed by atoms with Crippen molar-refractivity contribution < 1.29 is 14.3 Å². The number of amides is 2. The summed E-state index contributed by atoms with van der Waals surface area (Å²) in [6, 6.07) is 5.00. The molecule has 0 aliphatic rings. The van der Waals surface area contributed by atoms with Gasteiger partial charge in [0.2, 0.25) is 5.91 Å². The summed E-state index contributed by atoms with van der Waals surface area (Å²) >= 11 is 0. The number of nitrogen functional groups attached to an aromatic ring is 1. The number of benzene rings is 1. The van der Waals surface area contributed by atoms with Crippen LogP contribution in [0.15, 0.2) is 18.2 Å². The first kappa shape index (κ1) is 14.8. The zero-order valence-corrected chi connectivity index (χ0v) is 11.4. The lowest BCUT2D eigenvalue weighted by Gasteiger charge is -2.14. The number of nitrogens with two attached hydrogens (primary N) is 1. The summed E-state index contributed by atoms with van der Waals surface area (Å²) in [5.41, 5.74) is 6.36. The van der Waals surface area contributed by atoms with E-state index in [1.54, 1.807) is 32.3 Å². The molecule has 0 aliphatic carbocycles. The number of likely N-dealkylation sites (N-methyl/N-ethyl adjacent to an activating group) is 1. The molecule has 3 N–H and O–H groups in total. The standard InChI is InChI=1S/C13H19N3O3/c1-4-19-10-7-5-6-9(14)12(10)13(18)15-8-11(17)16(2)3/h5-7H,4,8,14H2,1-3H3,(H,15,18). The Bertz CT molecular complexity index is 472. The van der Waals surface area contributed by atoms with E-state index in [4.69, 9.17) is 10.5 Å². The highest BCUT2D eigenvalue weighted by Gasteiger charge is 2.17. The Morgan fingerprint density at radius 2 is 2.05 bits per heavy atom. The van der Waals surface area contributed by atoms with Gasteiger partial charge in [0.25, 0.3) is 5.91 Å². The number of rotatable bonds is 5. The molecule has 1 aromatic rings. The summed E-state index contributed by atoms with van der Waals surface area (Å²) in [6.07, 6.45) is 0. The molecule has 0 atom stereocenters. The van der Waals surface area contributed by atoms with E-state index in [-0.39, 0.29) is 18.0 Å². The zero-order chi connectivity index (χ0) is 14.4. The van der Waals surface area contributed by atoms with Crippen molar-refractivity contribution in [2.45, 2.75) is 6.92 Å². The van der Waals surface area contributed by atoms with E-state index in [1.807, 2.05) is 6.92 Å². The van der Waals surface area contributed by atoms with Crippen molar-refractivity contribution in [1.82, 2.24) is 10.2 Å². The number of nitrogens with one attached hydrogen (secondary N) is 1. The van der Waals surface area contributed by atoms with Crippen LogP contribution in [0.1, 0.15) is 17.3 Å². The van der Waals surface area contributed by atoms with Crippen molar-refractivity contribution in [2.75, 3.05) is 33.0 Å². The predicted molar refractivity (Wildman–Crippen MR) is 73.1 cm³/mol. The second-order valence-corrected chi connectivity index (χ2v) is 4.12. The van der Waals surface area contributed by atoms with E-state index < -0.39 is 5.91 Å². The Labute approximate surface area is 112 Å². The topological polar surface area (TPSA) is 84.7 Å². The zero-order valence-electron chi connectivity index (χ0n) is 11.4. The van der Waals surface area contributed by atoms with Crippen LogP contribution >= 0.6 is 0 Å². The van der Waals surface area contributed by atoms with Crippen LogP contribution in [0, 0.1) is 0 Å². The van der Waals surface area contributed by atoms with E-state index in [0.29, 0.717) is 18.0 Å². The summed E-state index contributed by atoms with van der Waals surface area (Å²) in [5.74, 6) is -0.199. The van der Waals surface area contributed by atoms with E-state index in [1.165, 1.54) is 4.90 Å². The van der Waals surface area contributed by atoms with Crippen molar-refractivity contribution >= 4 is 17.5 Å². The summed E-state index contributed by atoms with van der Waals surface area (Å²) in [5, 5.41) is 2.53. The second kappa shape index (κ2) is 6.63. The van der Waals surface area contributed by atoms with E-state index in [0.717, 1.165) is 0 Å². The minimum atomic E-state index is -0.420. The fourth-order valence-corrected chi connectivity index (χ4v) is 1.47. The summed E-state index contributed by atoms with van der Waals surface area (Å²) in [7, 11) is 3.24. The molecule has 0 unspecified atom stereocenters. The number of hydrogen-bond acceptors (Lipinski definition) is 4. The highest BCUT2D eigenvalue weighted by atomic mass is 16.5. The molecule has 0 spiro atoms. The number of carbonyl (C=O) groups excluding carboxylic acids is 2. The summed E-state index contributed by atoms with van der Waals surface area (Å²) < 4.78 is 5.36. The maximum absolute atomic E-state index is 12.0. The smallest absolute Gasteiger partial charge is 0.257 e. The van der Waals surface area contributed by atoms with Crippen LogP contribution in [0.25, 0.3) is 0 Å². The largest absolute Gasteiger partial charge is 0.493 e. The lowest BCUT2D eigenvalue weighted by atomic mass is 10.1. The van der Waals surface area contributed by atoms with Crippen LogP contribution < -0.4 is 15.8 Å². The Morgan fingerprint density at radius 1 is 1.37 bits per heavy atom. The van der Waals surface area contributed by atoms with Crippen LogP contribution in [0.5, 0.6) is 5.75 Å². The Hall–Kier alpha value is -2.24. The van der Waals surface area contributed by atoms with Crippen molar-refractivity contribution in [2.24, 2.45) is 0 Å². The van der Waals surface area contributed by atoms with Crippen LogP contribution in [0.2, 0.25) is 0 Å². The van der Waals surface area contributed by atoms with Gasteiger partial charge < -0.3 is 20.7 Å².